The van der Waals surface area contributed by atoms with Gasteiger partial charge in [0.1, 0.15) is 0 Å². The van der Waals surface area contributed by atoms with Crippen LogP contribution in [0, 0.1) is 11.3 Å². The number of hydrogen-bond donors (Lipinski definition) is 1. The van der Waals surface area contributed by atoms with E-state index in [1.165, 1.54) is 12.8 Å². The topological polar surface area (TPSA) is 47.3 Å². The zero-order valence-corrected chi connectivity index (χ0v) is 8.03. The van der Waals surface area contributed by atoms with E-state index in [4.69, 9.17) is 5.26 Å². The maximum absolute atomic E-state index is 10.1. The van der Waals surface area contributed by atoms with Gasteiger partial charge in [0, 0.05) is 12.1 Å². The van der Waals surface area contributed by atoms with Crippen LogP contribution in [-0.4, -0.2) is 34.7 Å². The fourth-order valence-corrected chi connectivity index (χ4v) is 2.83. The summed E-state index contributed by atoms with van der Waals surface area (Å²) in [5.41, 5.74) is -0.687. The zero-order valence-electron chi connectivity index (χ0n) is 8.03. The summed E-state index contributed by atoms with van der Waals surface area (Å²) in [5.74, 6) is 0. The first kappa shape index (κ1) is 8.98. The molecule has 2 rings (SSSR count). The first-order valence-electron chi connectivity index (χ1n) is 4.96. The molecule has 3 heteroatoms. The molecule has 2 aliphatic heterocycles. The van der Waals surface area contributed by atoms with Crippen molar-refractivity contribution < 1.29 is 5.11 Å². The summed E-state index contributed by atoms with van der Waals surface area (Å²) < 4.78 is 0. The number of nitriles is 1. The number of hydrogen-bond acceptors (Lipinski definition) is 3. The zero-order chi connectivity index (χ0) is 9.47. The van der Waals surface area contributed by atoms with E-state index in [0.717, 1.165) is 12.8 Å². The van der Waals surface area contributed by atoms with Gasteiger partial charge in [-0.1, -0.05) is 0 Å². The Hall–Kier alpha value is -0.590. The van der Waals surface area contributed by atoms with Crippen LogP contribution >= 0.6 is 0 Å². The molecule has 2 fully saturated rings. The lowest BCUT2D eigenvalue weighted by Gasteiger charge is -2.40. The molecule has 3 nitrogen and oxygen atoms in total. The summed E-state index contributed by atoms with van der Waals surface area (Å²) in [7, 11) is 2.13. The molecule has 72 valence electrons. The van der Waals surface area contributed by atoms with Crippen LogP contribution in [0.1, 0.15) is 32.1 Å². The number of fused-ring (bicyclic) bond motifs is 2. The van der Waals surface area contributed by atoms with Crippen LogP contribution < -0.4 is 0 Å². The highest BCUT2D eigenvalue weighted by atomic mass is 16.3. The lowest BCUT2D eigenvalue weighted by molar-refractivity contribution is -0.0406. The van der Waals surface area contributed by atoms with Gasteiger partial charge in [-0.05, 0) is 32.7 Å². The third kappa shape index (κ3) is 1.45. The maximum Gasteiger partial charge on any atom is 0.0806 e. The lowest BCUT2D eigenvalue weighted by Crippen LogP contribution is -2.49. The van der Waals surface area contributed by atoms with Crippen molar-refractivity contribution in [3.05, 3.63) is 0 Å². The quantitative estimate of drug-likeness (QED) is 0.652. The largest absolute Gasteiger partial charge is 0.389 e. The normalized spacial score (nSPS) is 44.7. The maximum atomic E-state index is 10.1. The van der Waals surface area contributed by atoms with E-state index in [1.807, 2.05) is 0 Å². The second-order valence-corrected chi connectivity index (χ2v) is 4.52. The van der Waals surface area contributed by atoms with E-state index in [-0.39, 0.29) is 0 Å². The van der Waals surface area contributed by atoms with E-state index < -0.39 is 5.60 Å². The molecule has 0 aliphatic carbocycles. The van der Waals surface area contributed by atoms with Gasteiger partial charge in [-0.15, -0.1) is 0 Å². The molecule has 0 radical (unpaired) electrons. The molecule has 1 N–H and O–H groups in total. The molecule has 0 amide bonds. The molecule has 0 aromatic heterocycles. The minimum absolute atomic E-state index is 0.299. The third-order valence-electron chi connectivity index (χ3n) is 3.62. The van der Waals surface area contributed by atoms with Gasteiger partial charge in [0.05, 0.1) is 18.1 Å². The Morgan fingerprint density at radius 2 is 2.00 bits per heavy atom. The molecule has 0 spiro atoms. The van der Waals surface area contributed by atoms with Gasteiger partial charge in [0.2, 0.25) is 0 Å². The molecule has 2 aliphatic rings. The first-order chi connectivity index (χ1) is 6.14. The highest BCUT2D eigenvalue weighted by molar-refractivity contribution is 5.03. The summed E-state index contributed by atoms with van der Waals surface area (Å²) in [6.45, 7) is 0. The van der Waals surface area contributed by atoms with Crippen molar-refractivity contribution in [3.63, 3.8) is 0 Å². The molecule has 2 atom stereocenters. The smallest absolute Gasteiger partial charge is 0.0806 e. The summed E-state index contributed by atoms with van der Waals surface area (Å²) in [6.07, 6.45) is 4.25. The van der Waals surface area contributed by atoms with Crippen molar-refractivity contribution >= 4 is 0 Å². The molecular formula is C10H16N2O. The van der Waals surface area contributed by atoms with E-state index in [9.17, 15) is 5.11 Å². The van der Waals surface area contributed by atoms with Gasteiger partial charge in [0.15, 0.2) is 0 Å². The Labute approximate surface area is 79.0 Å². The second kappa shape index (κ2) is 2.97. The van der Waals surface area contributed by atoms with Crippen molar-refractivity contribution in [2.24, 2.45) is 0 Å². The van der Waals surface area contributed by atoms with Gasteiger partial charge in [-0.3, -0.25) is 0 Å². The molecule has 0 saturated carbocycles. The summed E-state index contributed by atoms with van der Waals surface area (Å²) in [5, 5.41) is 18.7. The van der Waals surface area contributed by atoms with E-state index in [0.29, 0.717) is 18.5 Å². The van der Waals surface area contributed by atoms with Crippen molar-refractivity contribution in [1.82, 2.24) is 4.90 Å². The molecule has 2 saturated heterocycles. The van der Waals surface area contributed by atoms with Crippen LogP contribution in [0.2, 0.25) is 0 Å². The fourth-order valence-electron chi connectivity index (χ4n) is 2.83. The summed E-state index contributed by atoms with van der Waals surface area (Å²) >= 11 is 0. The Morgan fingerprint density at radius 3 is 2.46 bits per heavy atom. The van der Waals surface area contributed by atoms with Crippen LogP contribution in [0.25, 0.3) is 0 Å². The molecule has 2 bridgehead atoms. The number of piperidine rings is 1. The van der Waals surface area contributed by atoms with Gasteiger partial charge in [-0.25, -0.2) is 0 Å². The number of nitrogens with zero attached hydrogens (tertiary/aromatic N) is 2. The van der Waals surface area contributed by atoms with Crippen LogP contribution in [-0.2, 0) is 0 Å². The van der Waals surface area contributed by atoms with Crippen molar-refractivity contribution in [2.45, 2.75) is 49.8 Å². The lowest BCUT2D eigenvalue weighted by atomic mass is 9.84. The van der Waals surface area contributed by atoms with E-state index in [1.54, 1.807) is 0 Å². The van der Waals surface area contributed by atoms with Crippen molar-refractivity contribution in [2.75, 3.05) is 7.05 Å². The molecule has 0 aromatic carbocycles. The minimum Gasteiger partial charge on any atom is -0.389 e. The van der Waals surface area contributed by atoms with Crippen LogP contribution in [0.4, 0.5) is 0 Å². The van der Waals surface area contributed by atoms with Gasteiger partial charge in [0.25, 0.3) is 0 Å². The van der Waals surface area contributed by atoms with E-state index in [2.05, 4.69) is 18.0 Å². The molecule has 2 unspecified atom stereocenters. The van der Waals surface area contributed by atoms with Crippen LogP contribution in [0.15, 0.2) is 0 Å². The monoisotopic (exact) mass is 180 g/mol. The predicted molar refractivity (Wildman–Crippen MR) is 49.0 cm³/mol. The minimum atomic E-state index is -0.687. The third-order valence-corrected chi connectivity index (χ3v) is 3.62. The summed E-state index contributed by atoms with van der Waals surface area (Å²) in [6, 6.07) is 3.12. The van der Waals surface area contributed by atoms with Crippen molar-refractivity contribution in [1.29, 1.82) is 5.26 Å². The fraction of sp³-hybridized carbons (Fsp3) is 0.900. The van der Waals surface area contributed by atoms with Gasteiger partial charge in [-0.2, -0.15) is 5.26 Å². The highest BCUT2D eigenvalue weighted by Gasteiger charge is 2.45. The number of aliphatic hydroxyl groups is 1. The molecular weight excluding hydrogens is 164 g/mol. The molecule has 0 aromatic rings. The predicted octanol–water partition coefficient (Wildman–Crippen LogP) is 0.888. The Balaban J connectivity index is 2.10. The summed E-state index contributed by atoms with van der Waals surface area (Å²) in [4.78, 5) is 2.37. The van der Waals surface area contributed by atoms with Gasteiger partial charge < -0.3 is 10.0 Å². The second-order valence-electron chi connectivity index (χ2n) is 4.52. The van der Waals surface area contributed by atoms with Crippen molar-refractivity contribution in [3.8, 4) is 6.07 Å². The number of rotatable bonds is 1. The van der Waals surface area contributed by atoms with Crippen LogP contribution in [0.3, 0.4) is 0 Å². The Bertz CT molecular complexity index is 232. The average Bonchev–Trinajstić information content (AvgIpc) is 2.34. The van der Waals surface area contributed by atoms with E-state index >= 15 is 0 Å². The first-order valence-corrected chi connectivity index (χ1v) is 4.96. The Morgan fingerprint density at radius 1 is 1.46 bits per heavy atom. The molecule has 2 heterocycles. The highest BCUT2D eigenvalue weighted by Crippen LogP contribution is 2.40. The Kier molecular flexibility index (Phi) is 2.05. The average molecular weight is 180 g/mol. The van der Waals surface area contributed by atoms with Crippen LogP contribution in [0.5, 0.6) is 0 Å². The SMILES string of the molecule is CN1C2CCC1CC(O)(CC#N)C2. The van der Waals surface area contributed by atoms with Gasteiger partial charge >= 0.3 is 0 Å². The molecule has 13 heavy (non-hydrogen) atoms. The standard InChI is InChI=1S/C10H16N2O/c1-12-8-2-3-9(12)7-10(13,6-8)4-5-11/h8-9,13H,2-4,6-7H2,1H3.